The molecule has 1 nitrogen and oxygen atoms in total. The van der Waals surface area contributed by atoms with Gasteiger partial charge in [0.2, 0.25) is 0 Å². The van der Waals surface area contributed by atoms with E-state index in [9.17, 15) is 4.79 Å². The van der Waals surface area contributed by atoms with Gasteiger partial charge in [-0.2, -0.15) is 0 Å². The lowest BCUT2D eigenvalue weighted by Crippen LogP contribution is -2.56. The average Bonchev–Trinajstić information content (AvgIpc) is 3.02. The van der Waals surface area contributed by atoms with E-state index in [0.717, 1.165) is 24.2 Å². The molecule has 0 bridgehead atoms. The van der Waals surface area contributed by atoms with Crippen LogP contribution >= 0.6 is 0 Å². The summed E-state index contributed by atoms with van der Waals surface area (Å²) in [7, 11) is 0. The first-order chi connectivity index (χ1) is 11.6. The van der Waals surface area contributed by atoms with Crippen molar-refractivity contribution in [2.75, 3.05) is 0 Å². The Balaban J connectivity index is 1.71. The lowest BCUT2D eigenvalue weighted by Gasteiger charge is -2.62. The molecule has 4 fully saturated rings. The van der Waals surface area contributed by atoms with Gasteiger partial charge in [-0.25, -0.2) is 0 Å². The molecular formula is C24H38O. The van der Waals surface area contributed by atoms with E-state index in [1.807, 2.05) is 6.92 Å². The Morgan fingerprint density at radius 2 is 1.52 bits per heavy atom. The summed E-state index contributed by atoms with van der Waals surface area (Å²) in [5.41, 5.74) is 4.55. The zero-order chi connectivity index (χ0) is 18.2. The van der Waals surface area contributed by atoms with E-state index in [0.29, 0.717) is 22.5 Å². The Kier molecular flexibility index (Phi) is 3.89. The number of carbonyl (C=O) groups is 1. The molecule has 7 atom stereocenters. The van der Waals surface area contributed by atoms with E-state index in [2.05, 4.69) is 34.6 Å². The largest absolute Gasteiger partial charge is 0.300 e. The standard InChI is InChI=1S/C24H38O/c1-15(2)17-9-12-22(4)19(17)7-8-21-20(22)11-14-23(5)18(16(3)25)10-13-24(21,23)6/h18-21H,7-14H2,1-6H3/t18-,19+,20+,21-,22+,23-,24+/m1/s1. The molecule has 0 unspecified atom stereocenters. The first kappa shape index (κ1) is 17.8. The molecule has 0 heterocycles. The first-order valence-corrected chi connectivity index (χ1v) is 10.8. The Morgan fingerprint density at radius 3 is 2.16 bits per heavy atom. The van der Waals surface area contributed by atoms with E-state index in [1.165, 1.54) is 44.9 Å². The van der Waals surface area contributed by atoms with Crippen LogP contribution in [-0.2, 0) is 4.79 Å². The van der Waals surface area contributed by atoms with Gasteiger partial charge in [-0.05, 0) is 106 Å². The number of carbonyl (C=O) groups excluding carboxylic acids is 1. The summed E-state index contributed by atoms with van der Waals surface area (Å²) in [5, 5.41) is 0. The van der Waals surface area contributed by atoms with Crippen LogP contribution in [-0.4, -0.2) is 5.78 Å². The SMILES string of the molecule is CC(=O)[C@H]1CC[C@@]2(C)[C@@H]3CC[C@H]4C(=C(C)C)CC[C@]4(C)[C@H]3CC[C@]12C. The van der Waals surface area contributed by atoms with Crippen molar-refractivity contribution in [1.82, 2.24) is 0 Å². The number of ketones is 1. The molecule has 0 N–H and O–H groups in total. The molecule has 0 radical (unpaired) electrons. The number of allylic oxidation sites excluding steroid dienone is 2. The summed E-state index contributed by atoms with van der Waals surface area (Å²) in [6.45, 7) is 14.2. The van der Waals surface area contributed by atoms with Crippen molar-refractivity contribution in [3.8, 4) is 0 Å². The average molecular weight is 343 g/mol. The van der Waals surface area contributed by atoms with E-state index in [-0.39, 0.29) is 5.41 Å². The highest BCUT2D eigenvalue weighted by molar-refractivity contribution is 5.79. The molecule has 4 aliphatic carbocycles. The molecule has 25 heavy (non-hydrogen) atoms. The molecule has 140 valence electrons. The zero-order valence-corrected chi connectivity index (χ0v) is 17.4. The van der Waals surface area contributed by atoms with Gasteiger partial charge >= 0.3 is 0 Å². The van der Waals surface area contributed by atoms with Crippen molar-refractivity contribution in [3.63, 3.8) is 0 Å². The van der Waals surface area contributed by atoms with Gasteiger partial charge in [0.1, 0.15) is 5.78 Å². The molecule has 0 aromatic heterocycles. The number of rotatable bonds is 1. The quantitative estimate of drug-likeness (QED) is 0.492. The maximum atomic E-state index is 12.4. The van der Waals surface area contributed by atoms with Gasteiger partial charge in [-0.1, -0.05) is 31.9 Å². The molecule has 4 rings (SSSR count). The van der Waals surface area contributed by atoms with Gasteiger partial charge in [0, 0.05) is 5.92 Å². The summed E-state index contributed by atoms with van der Waals surface area (Å²) in [4.78, 5) is 12.4. The topological polar surface area (TPSA) is 17.1 Å². The normalized spacial score (nSPS) is 51.7. The Labute approximate surface area is 155 Å². The van der Waals surface area contributed by atoms with Crippen molar-refractivity contribution in [1.29, 1.82) is 0 Å². The third-order valence-electron chi connectivity index (χ3n) is 10.2. The van der Waals surface area contributed by atoms with Crippen LogP contribution in [0.3, 0.4) is 0 Å². The number of hydrogen-bond donors (Lipinski definition) is 0. The van der Waals surface area contributed by atoms with Gasteiger partial charge in [-0.3, -0.25) is 4.79 Å². The summed E-state index contributed by atoms with van der Waals surface area (Å²) >= 11 is 0. The smallest absolute Gasteiger partial charge is 0.133 e. The van der Waals surface area contributed by atoms with E-state index in [4.69, 9.17) is 0 Å². The van der Waals surface area contributed by atoms with Gasteiger partial charge in [-0.15, -0.1) is 0 Å². The van der Waals surface area contributed by atoms with Crippen molar-refractivity contribution in [2.24, 2.45) is 39.9 Å². The molecule has 0 aliphatic heterocycles. The van der Waals surface area contributed by atoms with Gasteiger partial charge < -0.3 is 0 Å². The molecule has 0 saturated heterocycles. The second-order valence-corrected chi connectivity index (χ2v) is 10.9. The van der Waals surface area contributed by atoms with E-state index < -0.39 is 0 Å². The molecule has 0 amide bonds. The Morgan fingerprint density at radius 1 is 0.840 bits per heavy atom. The maximum absolute atomic E-state index is 12.4. The minimum Gasteiger partial charge on any atom is -0.300 e. The van der Waals surface area contributed by atoms with Crippen LogP contribution < -0.4 is 0 Å². The number of Topliss-reactive ketones (excluding diaryl/α,β-unsaturated/α-hetero) is 1. The van der Waals surface area contributed by atoms with Crippen LogP contribution in [0.2, 0.25) is 0 Å². The third-order valence-corrected chi connectivity index (χ3v) is 10.2. The fraction of sp³-hybridized carbons (Fsp3) is 0.875. The zero-order valence-electron chi connectivity index (χ0n) is 17.4. The predicted molar refractivity (Wildman–Crippen MR) is 104 cm³/mol. The van der Waals surface area contributed by atoms with Crippen LogP contribution in [0.25, 0.3) is 0 Å². The molecule has 4 saturated carbocycles. The third kappa shape index (κ3) is 2.10. The van der Waals surface area contributed by atoms with Crippen LogP contribution in [0.1, 0.15) is 92.9 Å². The molecular weight excluding hydrogens is 304 g/mol. The van der Waals surface area contributed by atoms with Gasteiger partial charge in [0.15, 0.2) is 0 Å². The summed E-state index contributed by atoms with van der Waals surface area (Å²) in [6.07, 6.45) is 10.6. The minimum absolute atomic E-state index is 0.251. The van der Waals surface area contributed by atoms with Crippen LogP contribution in [0.4, 0.5) is 0 Å². The van der Waals surface area contributed by atoms with Crippen molar-refractivity contribution >= 4 is 5.78 Å². The van der Waals surface area contributed by atoms with Crippen LogP contribution in [0.15, 0.2) is 11.1 Å². The fourth-order valence-corrected chi connectivity index (χ4v) is 8.62. The highest BCUT2D eigenvalue weighted by Gasteiger charge is 2.66. The van der Waals surface area contributed by atoms with Crippen molar-refractivity contribution < 1.29 is 4.79 Å². The number of fused-ring (bicyclic) bond motifs is 5. The molecule has 0 aromatic rings. The second kappa shape index (κ2) is 5.46. The number of hydrogen-bond acceptors (Lipinski definition) is 1. The minimum atomic E-state index is 0.251. The van der Waals surface area contributed by atoms with E-state index in [1.54, 1.807) is 11.1 Å². The summed E-state index contributed by atoms with van der Waals surface area (Å²) in [5.74, 6) is 3.34. The highest BCUT2D eigenvalue weighted by atomic mass is 16.1. The molecule has 0 spiro atoms. The predicted octanol–water partition coefficient (Wildman–Crippen LogP) is 6.57. The first-order valence-electron chi connectivity index (χ1n) is 10.8. The van der Waals surface area contributed by atoms with Gasteiger partial charge in [0.25, 0.3) is 0 Å². The molecule has 0 aromatic carbocycles. The highest BCUT2D eigenvalue weighted by Crippen LogP contribution is 2.73. The summed E-state index contributed by atoms with van der Waals surface area (Å²) < 4.78 is 0. The van der Waals surface area contributed by atoms with Crippen LogP contribution in [0, 0.1) is 39.9 Å². The second-order valence-electron chi connectivity index (χ2n) is 10.9. The Bertz CT molecular complexity index is 626. The molecule has 1 heteroatoms. The van der Waals surface area contributed by atoms with Crippen molar-refractivity contribution in [3.05, 3.63) is 11.1 Å². The van der Waals surface area contributed by atoms with Gasteiger partial charge in [0.05, 0.1) is 0 Å². The summed E-state index contributed by atoms with van der Waals surface area (Å²) in [6, 6.07) is 0. The lowest BCUT2D eigenvalue weighted by molar-refractivity contribution is -0.146. The monoisotopic (exact) mass is 342 g/mol. The molecule has 4 aliphatic rings. The van der Waals surface area contributed by atoms with Crippen molar-refractivity contribution in [2.45, 2.75) is 92.9 Å². The Hall–Kier alpha value is -0.590. The lowest BCUT2D eigenvalue weighted by atomic mass is 9.42. The maximum Gasteiger partial charge on any atom is 0.133 e. The van der Waals surface area contributed by atoms with E-state index >= 15 is 0 Å². The van der Waals surface area contributed by atoms with Crippen LogP contribution in [0.5, 0.6) is 0 Å². The fourth-order valence-electron chi connectivity index (χ4n) is 8.62.